The molecule has 26 heavy (non-hydrogen) atoms. The summed E-state index contributed by atoms with van der Waals surface area (Å²) in [6.07, 6.45) is 4.89. The lowest BCUT2D eigenvalue weighted by Crippen LogP contribution is -2.24. The Kier molecular flexibility index (Phi) is 5.92. The van der Waals surface area contributed by atoms with Crippen molar-refractivity contribution in [3.8, 4) is 0 Å². The Morgan fingerprint density at radius 2 is 2.15 bits per heavy atom. The number of allylic oxidation sites excluding steroid dienone is 1. The van der Waals surface area contributed by atoms with Gasteiger partial charge < -0.3 is 15.4 Å². The second kappa shape index (κ2) is 7.95. The summed E-state index contributed by atoms with van der Waals surface area (Å²) in [6.45, 7) is 7.51. The number of nitrogens with two attached hydrogens (primary N) is 1. The molecule has 1 atom stereocenters. The van der Waals surface area contributed by atoms with Crippen molar-refractivity contribution in [2.75, 3.05) is 12.8 Å². The highest BCUT2D eigenvalue weighted by Gasteiger charge is 2.26. The number of hydrogen-bond acceptors (Lipinski definition) is 5. The highest BCUT2D eigenvalue weighted by atomic mass is 19.1. The van der Waals surface area contributed by atoms with Crippen molar-refractivity contribution in [3.05, 3.63) is 59.6 Å². The molecule has 0 aliphatic carbocycles. The van der Waals surface area contributed by atoms with Gasteiger partial charge in [-0.3, -0.25) is 4.99 Å². The standard InChI is InChI=1S/C19H21F2N3O2/c1-5-11(3)16(19(25)26-4)15-9-23-14(10-24(15)6-2)17-12(20)7-8-13(22)18(17)21/h6-11H,2,5,22H2,1,3-4H3/b16-15+. The lowest BCUT2D eigenvalue weighted by Gasteiger charge is -2.26. The molecule has 7 heteroatoms. The number of rotatable bonds is 5. The smallest absolute Gasteiger partial charge is 0.336 e. The Labute approximate surface area is 151 Å². The van der Waals surface area contributed by atoms with Gasteiger partial charge in [0, 0.05) is 12.4 Å². The number of anilines is 1. The average Bonchev–Trinajstić information content (AvgIpc) is 2.65. The van der Waals surface area contributed by atoms with Gasteiger partial charge in [0.2, 0.25) is 0 Å². The number of benzene rings is 1. The molecule has 0 fully saturated rings. The normalized spacial score (nSPS) is 16.8. The molecule has 1 aliphatic heterocycles. The number of carbonyl (C=O) groups is 1. The van der Waals surface area contributed by atoms with Crippen molar-refractivity contribution in [3.63, 3.8) is 0 Å². The molecular formula is C19H21F2N3O2. The van der Waals surface area contributed by atoms with Crippen molar-refractivity contribution in [2.45, 2.75) is 20.3 Å². The Hall–Kier alpha value is -2.96. The van der Waals surface area contributed by atoms with Gasteiger partial charge in [-0.1, -0.05) is 20.4 Å². The van der Waals surface area contributed by atoms with Crippen molar-refractivity contribution >= 4 is 23.6 Å². The van der Waals surface area contributed by atoms with E-state index in [4.69, 9.17) is 10.5 Å². The third-order valence-electron chi connectivity index (χ3n) is 4.23. The van der Waals surface area contributed by atoms with Crippen LogP contribution in [0.1, 0.15) is 25.8 Å². The van der Waals surface area contributed by atoms with Crippen LogP contribution in [0.25, 0.3) is 5.70 Å². The van der Waals surface area contributed by atoms with Crippen LogP contribution in [-0.2, 0) is 9.53 Å². The van der Waals surface area contributed by atoms with Gasteiger partial charge in [0.05, 0.1) is 41.5 Å². The average molecular weight is 361 g/mol. The van der Waals surface area contributed by atoms with Gasteiger partial charge in [0.25, 0.3) is 0 Å². The van der Waals surface area contributed by atoms with Crippen LogP contribution in [0.4, 0.5) is 14.5 Å². The fourth-order valence-electron chi connectivity index (χ4n) is 2.60. The molecule has 1 aromatic carbocycles. The summed E-state index contributed by atoms with van der Waals surface area (Å²) in [5, 5.41) is 0. The monoisotopic (exact) mass is 361 g/mol. The molecule has 0 spiro atoms. The number of carbonyl (C=O) groups excluding carboxylic acids is 1. The Bertz CT molecular complexity index is 828. The van der Waals surface area contributed by atoms with Crippen LogP contribution in [0.5, 0.6) is 0 Å². The SMILES string of the molecule is C=CN1C=C(c2c(F)ccc(N)c2F)N=C/C1=C(\C(=O)OC)C(C)CC. The van der Waals surface area contributed by atoms with Gasteiger partial charge in [0.15, 0.2) is 5.82 Å². The van der Waals surface area contributed by atoms with E-state index in [0.29, 0.717) is 17.7 Å². The van der Waals surface area contributed by atoms with E-state index in [2.05, 4.69) is 11.6 Å². The van der Waals surface area contributed by atoms with Crippen molar-refractivity contribution < 1.29 is 18.3 Å². The summed E-state index contributed by atoms with van der Waals surface area (Å²) in [6, 6.07) is 2.23. The molecule has 5 nitrogen and oxygen atoms in total. The summed E-state index contributed by atoms with van der Waals surface area (Å²) in [5.41, 5.74) is 5.89. The first kappa shape index (κ1) is 19.4. The predicted octanol–water partition coefficient (Wildman–Crippen LogP) is 3.85. The second-order valence-electron chi connectivity index (χ2n) is 5.79. The predicted molar refractivity (Wildman–Crippen MR) is 97.8 cm³/mol. The Balaban J connectivity index is 2.60. The van der Waals surface area contributed by atoms with Crippen LogP contribution in [0.3, 0.4) is 0 Å². The van der Waals surface area contributed by atoms with E-state index in [1.807, 2.05) is 13.8 Å². The molecule has 0 amide bonds. The molecule has 1 aromatic rings. The van der Waals surface area contributed by atoms with E-state index in [0.717, 1.165) is 12.1 Å². The first-order chi connectivity index (χ1) is 12.3. The summed E-state index contributed by atoms with van der Waals surface area (Å²) >= 11 is 0. The highest BCUT2D eigenvalue weighted by Crippen LogP contribution is 2.31. The fourth-order valence-corrected chi connectivity index (χ4v) is 2.60. The maximum Gasteiger partial charge on any atom is 0.336 e. The van der Waals surface area contributed by atoms with Crippen LogP contribution >= 0.6 is 0 Å². The minimum absolute atomic E-state index is 0.0318. The molecule has 1 heterocycles. The van der Waals surface area contributed by atoms with E-state index < -0.39 is 17.6 Å². The zero-order chi connectivity index (χ0) is 19.4. The maximum atomic E-state index is 14.3. The van der Waals surface area contributed by atoms with E-state index in [-0.39, 0.29) is 22.9 Å². The number of esters is 1. The van der Waals surface area contributed by atoms with Crippen LogP contribution in [0.15, 0.2) is 47.4 Å². The topological polar surface area (TPSA) is 67.9 Å². The minimum Gasteiger partial charge on any atom is -0.466 e. The lowest BCUT2D eigenvalue weighted by atomic mass is 9.95. The van der Waals surface area contributed by atoms with Crippen LogP contribution in [-0.4, -0.2) is 24.2 Å². The van der Waals surface area contributed by atoms with Gasteiger partial charge >= 0.3 is 5.97 Å². The summed E-state index contributed by atoms with van der Waals surface area (Å²) in [7, 11) is 1.29. The molecule has 0 aromatic heterocycles. The van der Waals surface area contributed by atoms with Crippen LogP contribution in [0.2, 0.25) is 0 Å². The summed E-state index contributed by atoms with van der Waals surface area (Å²) < 4.78 is 33.3. The lowest BCUT2D eigenvalue weighted by molar-refractivity contribution is -0.136. The molecule has 138 valence electrons. The molecule has 2 rings (SSSR count). The summed E-state index contributed by atoms with van der Waals surface area (Å²) in [5.74, 6) is -2.28. The third-order valence-corrected chi connectivity index (χ3v) is 4.23. The molecule has 0 bridgehead atoms. The van der Waals surface area contributed by atoms with E-state index in [1.165, 1.54) is 30.6 Å². The van der Waals surface area contributed by atoms with E-state index >= 15 is 0 Å². The van der Waals surface area contributed by atoms with Gasteiger partial charge in [0.1, 0.15) is 5.82 Å². The Morgan fingerprint density at radius 3 is 2.73 bits per heavy atom. The molecule has 1 aliphatic rings. The first-order valence-corrected chi connectivity index (χ1v) is 8.08. The number of aliphatic imine (C=N–C) groups is 1. The molecular weight excluding hydrogens is 340 g/mol. The zero-order valence-electron chi connectivity index (χ0n) is 14.9. The number of nitrogen functional groups attached to an aromatic ring is 1. The molecule has 1 unspecified atom stereocenters. The molecule has 0 saturated heterocycles. The first-order valence-electron chi connectivity index (χ1n) is 8.08. The molecule has 0 radical (unpaired) electrons. The maximum absolute atomic E-state index is 14.3. The minimum atomic E-state index is -0.889. The molecule has 2 N–H and O–H groups in total. The summed E-state index contributed by atoms with van der Waals surface area (Å²) in [4.78, 5) is 17.8. The van der Waals surface area contributed by atoms with Gasteiger partial charge in [-0.25, -0.2) is 13.6 Å². The number of halogens is 2. The number of ether oxygens (including phenoxy) is 1. The van der Waals surface area contributed by atoms with Crippen molar-refractivity contribution in [1.29, 1.82) is 0 Å². The number of hydrogen-bond donors (Lipinski definition) is 1. The molecule has 0 saturated carbocycles. The van der Waals surface area contributed by atoms with E-state index in [9.17, 15) is 13.6 Å². The Morgan fingerprint density at radius 1 is 1.46 bits per heavy atom. The number of methoxy groups -OCH3 is 1. The second-order valence-corrected chi connectivity index (χ2v) is 5.79. The van der Waals surface area contributed by atoms with Crippen molar-refractivity contribution in [2.24, 2.45) is 10.9 Å². The zero-order valence-corrected chi connectivity index (χ0v) is 14.9. The van der Waals surface area contributed by atoms with Crippen LogP contribution < -0.4 is 5.73 Å². The largest absolute Gasteiger partial charge is 0.466 e. The quantitative estimate of drug-likeness (QED) is 0.491. The highest BCUT2D eigenvalue weighted by molar-refractivity contribution is 5.99. The van der Waals surface area contributed by atoms with Crippen LogP contribution in [0, 0.1) is 17.6 Å². The fraction of sp³-hybridized carbons (Fsp3) is 0.263. The number of nitrogens with zero attached hydrogens (tertiary/aromatic N) is 2. The van der Waals surface area contributed by atoms with Crippen molar-refractivity contribution in [1.82, 2.24) is 4.90 Å². The third kappa shape index (κ3) is 3.51. The van der Waals surface area contributed by atoms with Gasteiger partial charge in [-0.2, -0.15) is 0 Å². The van der Waals surface area contributed by atoms with Gasteiger partial charge in [-0.05, 0) is 24.5 Å². The van der Waals surface area contributed by atoms with Gasteiger partial charge in [-0.15, -0.1) is 0 Å². The van der Waals surface area contributed by atoms with E-state index in [1.54, 1.807) is 0 Å².